The Morgan fingerprint density at radius 1 is 1.00 bits per heavy atom. The van der Waals surface area contributed by atoms with Crippen molar-refractivity contribution < 1.29 is 14.3 Å². The quantitative estimate of drug-likeness (QED) is 0.542. The Morgan fingerprint density at radius 2 is 1.70 bits per heavy atom. The van der Waals surface area contributed by atoms with Gasteiger partial charge in [-0.15, -0.1) is 0 Å². The molecule has 0 fully saturated rings. The lowest BCUT2D eigenvalue weighted by atomic mass is 10.0. The van der Waals surface area contributed by atoms with Crippen LogP contribution < -0.4 is 0 Å². The van der Waals surface area contributed by atoms with E-state index in [9.17, 15) is 4.79 Å². The number of carbonyl (C=O) groups is 1. The molecule has 0 radical (unpaired) electrons. The van der Waals surface area contributed by atoms with Gasteiger partial charge in [0.1, 0.15) is 5.65 Å². The Morgan fingerprint density at radius 3 is 2.33 bits per heavy atom. The molecule has 0 saturated carbocycles. The van der Waals surface area contributed by atoms with E-state index in [-0.39, 0.29) is 12.3 Å². The molecule has 2 aromatic heterocycles. The van der Waals surface area contributed by atoms with Crippen LogP contribution in [0, 0.1) is 20.8 Å². The van der Waals surface area contributed by atoms with E-state index in [1.54, 1.807) is 19.1 Å². The Hall–Kier alpha value is -2.70. The molecule has 3 rings (SSSR count). The van der Waals surface area contributed by atoms with Crippen LogP contribution in [0.4, 0.5) is 0 Å². The fourth-order valence-corrected chi connectivity index (χ4v) is 3.56. The summed E-state index contributed by atoms with van der Waals surface area (Å²) in [5.41, 5.74) is 7.21. The average Bonchev–Trinajstić information content (AvgIpc) is 3.10. The zero-order chi connectivity index (χ0) is 21.7. The highest BCUT2D eigenvalue weighted by molar-refractivity contribution is 5.82. The molecule has 0 spiro atoms. The lowest BCUT2D eigenvalue weighted by Crippen LogP contribution is -2.37. The van der Waals surface area contributed by atoms with E-state index in [1.807, 2.05) is 29.7 Å². The summed E-state index contributed by atoms with van der Waals surface area (Å²) in [6, 6.07) is 10.4. The summed E-state index contributed by atoms with van der Waals surface area (Å²) in [7, 11) is 3.29. The summed E-state index contributed by atoms with van der Waals surface area (Å²) in [4.78, 5) is 20.0. The van der Waals surface area contributed by atoms with E-state index in [0.29, 0.717) is 26.3 Å². The van der Waals surface area contributed by atoms with Gasteiger partial charge in [-0.2, -0.15) is 0 Å². The van der Waals surface area contributed by atoms with E-state index < -0.39 is 0 Å². The second kappa shape index (κ2) is 9.87. The smallest absolute Gasteiger partial charge is 0.228 e. The maximum atomic E-state index is 13.2. The fourth-order valence-electron chi connectivity index (χ4n) is 3.56. The van der Waals surface area contributed by atoms with E-state index in [1.165, 1.54) is 11.1 Å². The molecule has 2 heterocycles. The first kappa shape index (κ1) is 22.0. The first-order valence-electron chi connectivity index (χ1n) is 10.3. The lowest BCUT2D eigenvalue weighted by molar-refractivity contribution is -0.131. The Balaban J connectivity index is 2.03. The molecular weight excluding hydrogens is 378 g/mol. The summed E-state index contributed by atoms with van der Waals surface area (Å²) in [6.07, 6.45) is 2.25. The molecule has 160 valence electrons. The summed E-state index contributed by atoms with van der Waals surface area (Å²) >= 11 is 0. The van der Waals surface area contributed by atoms with Crippen LogP contribution in [-0.2, 0) is 20.7 Å². The molecule has 1 aromatic carbocycles. The van der Waals surface area contributed by atoms with Crippen molar-refractivity contribution in [2.45, 2.75) is 27.2 Å². The average molecular weight is 410 g/mol. The number of hydrogen-bond acceptors (Lipinski definition) is 4. The number of hydrogen-bond donors (Lipinski definition) is 0. The number of ether oxygens (including phenoxy) is 2. The first-order valence-corrected chi connectivity index (χ1v) is 10.3. The fraction of sp³-hybridized carbons (Fsp3) is 0.417. The summed E-state index contributed by atoms with van der Waals surface area (Å²) in [5.74, 6) is 0.0393. The molecule has 3 aromatic rings. The van der Waals surface area contributed by atoms with E-state index >= 15 is 0 Å². The van der Waals surface area contributed by atoms with Crippen molar-refractivity contribution in [3.8, 4) is 11.3 Å². The monoisotopic (exact) mass is 409 g/mol. The van der Waals surface area contributed by atoms with Crippen molar-refractivity contribution in [3.05, 3.63) is 58.9 Å². The van der Waals surface area contributed by atoms with Crippen molar-refractivity contribution in [1.82, 2.24) is 14.3 Å². The molecule has 0 unspecified atom stereocenters. The number of benzene rings is 1. The van der Waals surface area contributed by atoms with E-state index in [4.69, 9.17) is 14.5 Å². The highest BCUT2D eigenvalue weighted by Gasteiger charge is 2.21. The lowest BCUT2D eigenvalue weighted by Gasteiger charge is -2.22. The van der Waals surface area contributed by atoms with Gasteiger partial charge >= 0.3 is 0 Å². The molecule has 0 aliphatic carbocycles. The second-order valence-electron chi connectivity index (χ2n) is 7.63. The van der Waals surface area contributed by atoms with Gasteiger partial charge in [-0.1, -0.05) is 18.2 Å². The molecule has 0 atom stereocenters. The molecule has 6 nitrogen and oxygen atoms in total. The third kappa shape index (κ3) is 4.71. The summed E-state index contributed by atoms with van der Waals surface area (Å²) in [6.45, 7) is 8.29. The normalized spacial score (nSPS) is 11.2. The van der Waals surface area contributed by atoms with Crippen LogP contribution in [0.5, 0.6) is 0 Å². The van der Waals surface area contributed by atoms with Crippen molar-refractivity contribution >= 4 is 11.6 Å². The number of amides is 1. The van der Waals surface area contributed by atoms with Crippen LogP contribution in [0.3, 0.4) is 0 Å². The number of fused-ring (bicyclic) bond motifs is 1. The minimum atomic E-state index is 0.0393. The zero-order valence-corrected chi connectivity index (χ0v) is 18.6. The minimum Gasteiger partial charge on any atom is -0.383 e. The molecule has 0 bridgehead atoms. The maximum absolute atomic E-state index is 13.2. The standard InChI is InChI=1S/C24H31N3O3/c1-17-8-9-20(15-19(17)3)23-21(27-10-6-7-18(2)24(27)25-23)16-22(28)26(11-13-29-4)12-14-30-5/h6-10,15H,11-14,16H2,1-5H3. The Bertz CT molecular complexity index is 1020. The highest BCUT2D eigenvalue weighted by atomic mass is 16.5. The number of rotatable bonds is 9. The van der Waals surface area contributed by atoms with Gasteiger partial charge in [0.15, 0.2) is 0 Å². The molecule has 0 N–H and O–H groups in total. The third-order valence-electron chi connectivity index (χ3n) is 5.53. The second-order valence-corrected chi connectivity index (χ2v) is 7.63. The molecule has 0 saturated heterocycles. The van der Waals surface area contributed by atoms with Crippen molar-refractivity contribution in [1.29, 1.82) is 0 Å². The number of pyridine rings is 1. The molecule has 6 heteroatoms. The summed E-state index contributed by atoms with van der Waals surface area (Å²) in [5, 5.41) is 0. The maximum Gasteiger partial charge on any atom is 0.228 e. The van der Waals surface area contributed by atoms with Crippen LogP contribution >= 0.6 is 0 Å². The van der Waals surface area contributed by atoms with Gasteiger partial charge in [0.2, 0.25) is 5.91 Å². The minimum absolute atomic E-state index is 0.0393. The van der Waals surface area contributed by atoms with Crippen LogP contribution in [0.1, 0.15) is 22.4 Å². The first-order chi connectivity index (χ1) is 14.5. The van der Waals surface area contributed by atoms with Gasteiger partial charge < -0.3 is 18.8 Å². The topological polar surface area (TPSA) is 56.1 Å². The number of aryl methyl sites for hydroxylation is 3. The van der Waals surface area contributed by atoms with E-state index in [2.05, 4.69) is 32.0 Å². The molecule has 0 aliphatic heterocycles. The van der Waals surface area contributed by atoms with Crippen molar-refractivity contribution in [2.24, 2.45) is 0 Å². The molecule has 1 amide bonds. The zero-order valence-electron chi connectivity index (χ0n) is 18.6. The third-order valence-corrected chi connectivity index (χ3v) is 5.53. The van der Waals surface area contributed by atoms with Crippen molar-refractivity contribution in [3.63, 3.8) is 0 Å². The summed E-state index contributed by atoms with van der Waals surface area (Å²) < 4.78 is 12.4. The highest BCUT2D eigenvalue weighted by Crippen LogP contribution is 2.28. The molecule has 0 aliphatic rings. The number of methoxy groups -OCH3 is 2. The molecular formula is C24H31N3O3. The van der Waals surface area contributed by atoms with Gasteiger partial charge in [-0.25, -0.2) is 4.98 Å². The predicted molar refractivity (Wildman–Crippen MR) is 119 cm³/mol. The number of aromatic nitrogens is 2. The van der Waals surface area contributed by atoms with Crippen molar-refractivity contribution in [2.75, 3.05) is 40.5 Å². The van der Waals surface area contributed by atoms with Gasteiger partial charge in [0.05, 0.1) is 31.0 Å². The Kier molecular flexibility index (Phi) is 7.24. The van der Waals surface area contributed by atoms with Gasteiger partial charge in [-0.3, -0.25) is 4.79 Å². The number of nitrogens with zero attached hydrogens (tertiary/aromatic N) is 3. The Labute approximate surface area is 178 Å². The van der Waals surface area contributed by atoms with Crippen LogP contribution in [0.15, 0.2) is 36.5 Å². The largest absolute Gasteiger partial charge is 0.383 e. The SMILES string of the molecule is COCCN(CCOC)C(=O)Cc1c(-c2ccc(C)c(C)c2)nc2c(C)cccn12. The number of imidazole rings is 1. The van der Waals surface area contributed by atoms with Crippen LogP contribution in [0.2, 0.25) is 0 Å². The number of carbonyl (C=O) groups excluding carboxylic acids is 1. The predicted octanol–water partition coefficient (Wildman–Crippen LogP) is 3.59. The molecule has 30 heavy (non-hydrogen) atoms. The van der Waals surface area contributed by atoms with Gasteiger partial charge in [0.25, 0.3) is 0 Å². The van der Waals surface area contributed by atoms with Gasteiger partial charge in [0, 0.05) is 39.1 Å². The van der Waals surface area contributed by atoms with Gasteiger partial charge in [-0.05, 0) is 49.6 Å². The van der Waals surface area contributed by atoms with Crippen LogP contribution in [0.25, 0.3) is 16.9 Å². The van der Waals surface area contributed by atoms with E-state index in [0.717, 1.165) is 28.2 Å². The van der Waals surface area contributed by atoms with Crippen LogP contribution in [-0.4, -0.2) is 60.7 Å².